The predicted molar refractivity (Wildman–Crippen MR) is 90.5 cm³/mol. The summed E-state index contributed by atoms with van der Waals surface area (Å²) in [5.74, 6) is -0.442. The van der Waals surface area contributed by atoms with E-state index in [0.29, 0.717) is 11.5 Å². The van der Waals surface area contributed by atoms with Gasteiger partial charge in [0.1, 0.15) is 18.2 Å². The molecule has 3 aromatic rings. The summed E-state index contributed by atoms with van der Waals surface area (Å²) in [5, 5.41) is 2.94. The molecule has 0 aliphatic heterocycles. The van der Waals surface area contributed by atoms with Crippen LogP contribution in [0.1, 0.15) is 11.3 Å². The van der Waals surface area contributed by atoms with Crippen molar-refractivity contribution in [3.8, 4) is 0 Å². The SMILES string of the molecule is Cc1ccnc(NC(=O)Cn2c(C)cc(=O)c3cccc(F)c32)c1. The van der Waals surface area contributed by atoms with E-state index in [4.69, 9.17) is 0 Å². The predicted octanol–water partition coefficient (Wildman–Crippen LogP) is 2.79. The van der Waals surface area contributed by atoms with E-state index in [9.17, 15) is 14.0 Å². The molecular formula is C18H16FN3O2. The van der Waals surface area contributed by atoms with Crippen LogP contribution in [0.5, 0.6) is 0 Å². The molecule has 0 unspecified atom stereocenters. The minimum Gasteiger partial charge on any atom is -0.333 e. The molecule has 0 aliphatic carbocycles. The molecular weight excluding hydrogens is 309 g/mol. The molecule has 5 nitrogen and oxygen atoms in total. The quantitative estimate of drug-likeness (QED) is 0.805. The minimum absolute atomic E-state index is 0.112. The van der Waals surface area contributed by atoms with Gasteiger partial charge in [-0.05, 0) is 43.7 Å². The third-order valence-corrected chi connectivity index (χ3v) is 3.77. The summed E-state index contributed by atoms with van der Waals surface area (Å²) in [6, 6.07) is 9.28. The van der Waals surface area contributed by atoms with Crippen LogP contribution in [0.4, 0.5) is 10.2 Å². The fourth-order valence-electron chi connectivity index (χ4n) is 2.64. The van der Waals surface area contributed by atoms with Gasteiger partial charge in [0.15, 0.2) is 5.43 Å². The number of aryl methyl sites for hydroxylation is 2. The number of hydrogen-bond donors (Lipinski definition) is 1. The number of para-hydroxylation sites is 1. The number of amides is 1. The van der Waals surface area contributed by atoms with Crippen LogP contribution >= 0.6 is 0 Å². The Hall–Kier alpha value is -3.02. The first-order valence-corrected chi connectivity index (χ1v) is 7.47. The average molecular weight is 325 g/mol. The van der Waals surface area contributed by atoms with Gasteiger partial charge in [0.05, 0.1) is 5.52 Å². The van der Waals surface area contributed by atoms with E-state index in [1.165, 1.54) is 22.8 Å². The third kappa shape index (κ3) is 3.03. The van der Waals surface area contributed by atoms with Gasteiger partial charge in [-0.3, -0.25) is 9.59 Å². The zero-order valence-electron chi connectivity index (χ0n) is 13.3. The molecule has 122 valence electrons. The first-order valence-electron chi connectivity index (χ1n) is 7.47. The number of rotatable bonds is 3. The Kier molecular flexibility index (Phi) is 4.12. The lowest BCUT2D eigenvalue weighted by atomic mass is 10.1. The van der Waals surface area contributed by atoms with E-state index < -0.39 is 5.82 Å². The molecule has 0 atom stereocenters. The molecule has 0 fully saturated rings. The van der Waals surface area contributed by atoms with Crippen LogP contribution in [0.2, 0.25) is 0 Å². The molecule has 0 aliphatic rings. The fourth-order valence-corrected chi connectivity index (χ4v) is 2.64. The van der Waals surface area contributed by atoms with Crippen molar-refractivity contribution in [2.75, 3.05) is 5.32 Å². The number of halogens is 1. The number of pyridine rings is 2. The highest BCUT2D eigenvalue weighted by molar-refractivity contribution is 5.91. The molecule has 3 rings (SSSR count). The molecule has 1 amide bonds. The van der Waals surface area contributed by atoms with Gasteiger partial charge in [-0.2, -0.15) is 0 Å². The summed E-state index contributed by atoms with van der Waals surface area (Å²) in [7, 11) is 0. The van der Waals surface area contributed by atoms with Gasteiger partial charge in [0, 0.05) is 23.3 Å². The number of hydrogen-bond acceptors (Lipinski definition) is 3. The van der Waals surface area contributed by atoms with Gasteiger partial charge >= 0.3 is 0 Å². The van der Waals surface area contributed by atoms with Gasteiger partial charge in [0.25, 0.3) is 0 Å². The second-order valence-corrected chi connectivity index (χ2v) is 5.64. The van der Waals surface area contributed by atoms with Gasteiger partial charge < -0.3 is 9.88 Å². The minimum atomic E-state index is -0.533. The maximum absolute atomic E-state index is 14.2. The lowest BCUT2D eigenvalue weighted by Gasteiger charge is -2.15. The summed E-state index contributed by atoms with van der Waals surface area (Å²) in [6.07, 6.45) is 1.60. The van der Waals surface area contributed by atoms with E-state index in [1.54, 1.807) is 25.3 Å². The molecule has 1 N–H and O–H groups in total. The summed E-state index contributed by atoms with van der Waals surface area (Å²) in [5.41, 5.74) is 1.36. The maximum Gasteiger partial charge on any atom is 0.245 e. The molecule has 1 aromatic carbocycles. The van der Waals surface area contributed by atoms with Crippen LogP contribution < -0.4 is 10.7 Å². The Labute approximate surface area is 137 Å². The number of benzene rings is 1. The van der Waals surface area contributed by atoms with Crippen molar-refractivity contribution >= 4 is 22.6 Å². The highest BCUT2D eigenvalue weighted by Crippen LogP contribution is 2.17. The highest BCUT2D eigenvalue weighted by atomic mass is 19.1. The molecule has 6 heteroatoms. The van der Waals surface area contributed by atoms with Crippen LogP contribution in [0.3, 0.4) is 0 Å². The molecule has 24 heavy (non-hydrogen) atoms. The van der Waals surface area contributed by atoms with Gasteiger partial charge in [0.2, 0.25) is 5.91 Å². The number of nitrogens with zero attached hydrogens (tertiary/aromatic N) is 2. The molecule has 0 spiro atoms. The summed E-state index contributed by atoms with van der Waals surface area (Å²) in [4.78, 5) is 28.4. The van der Waals surface area contributed by atoms with Crippen LogP contribution in [0.15, 0.2) is 47.4 Å². The molecule has 0 saturated carbocycles. The summed E-state index contributed by atoms with van der Waals surface area (Å²) < 4.78 is 15.7. The number of carbonyl (C=O) groups is 1. The Morgan fingerprint density at radius 3 is 2.79 bits per heavy atom. The first-order chi connectivity index (χ1) is 11.5. The zero-order chi connectivity index (χ0) is 17.3. The average Bonchev–Trinajstić information content (AvgIpc) is 2.51. The molecule has 2 heterocycles. The number of fused-ring (bicyclic) bond motifs is 1. The van der Waals surface area contributed by atoms with Gasteiger partial charge in [-0.25, -0.2) is 9.37 Å². The number of nitrogens with one attached hydrogen (secondary N) is 1. The second-order valence-electron chi connectivity index (χ2n) is 5.64. The Bertz CT molecular complexity index is 995. The second kappa shape index (κ2) is 6.23. The van der Waals surface area contributed by atoms with Crippen molar-refractivity contribution < 1.29 is 9.18 Å². The van der Waals surface area contributed by atoms with Crippen molar-refractivity contribution in [1.82, 2.24) is 9.55 Å². The van der Waals surface area contributed by atoms with Crippen LogP contribution in [-0.2, 0) is 11.3 Å². The van der Waals surface area contributed by atoms with Crippen LogP contribution in [0, 0.1) is 19.7 Å². The van der Waals surface area contributed by atoms with E-state index in [2.05, 4.69) is 10.3 Å². The standard InChI is InChI=1S/C18H16FN3O2/c1-11-6-7-20-16(8-11)21-17(24)10-22-12(2)9-15(23)13-4-3-5-14(19)18(13)22/h3-9H,10H2,1-2H3,(H,20,21,24). The smallest absolute Gasteiger partial charge is 0.245 e. The summed E-state index contributed by atoms with van der Waals surface area (Å²) >= 11 is 0. The number of anilines is 1. The largest absolute Gasteiger partial charge is 0.333 e. The van der Waals surface area contributed by atoms with Gasteiger partial charge in [-0.1, -0.05) is 6.07 Å². The van der Waals surface area contributed by atoms with Crippen molar-refractivity contribution in [2.45, 2.75) is 20.4 Å². The topological polar surface area (TPSA) is 64.0 Å². The maximum atomic E-state index is 14.2. The number of carbonyl (C=O) groups excluding carboxylic acids is 1. The Morgan fingerprint density at radius 1 is 1.25 bits per heavy atom. The van der Waals surface area contributed by atoms with Crippen molar-refractivity contribution in [2.24, 2.45) is 0 Å². The van der Waals surface area contributed by atoms with Crippen LogP contribution in [-0.4, -0.2) is 15.5 Å². The molecule has 0 bridgehead atoms. The third-order valence-electron chi connectivity index (χ3n) is 3.77. The number of aromatic nitrogens is 2. The highest BCUT2D eigenvalue weighted by Gasteiger charge is 2.13. The van der Waals surface area contributed by atoms with Crippen LogP contribution in [0.25, 0.3) is 10.9 Å². The lowest BCUT2D eigenvalue weighted by Crippen LogP contribution is -2.23. The Balaban J connectivity index is 1.98. The molecule has 0 radical (unpaired) electrons. The first kappa shape index (κ1) is 15.9. The molecule has 2 aromatic heterocycles. The van der Waals surface area contributed by atoms with Crippen molar-refractivity contribution in [1.29, 1.82) is 0 Å². The van der Waals surface area contributed by atoms with Gasteiger partial charge in [-0.15, -0.1) is 0 Å². The fraction of sp³-hybridized carbons (Fsp3) is 0.167. The Morgan fingerprint density at radius 2 is 2.04 bits per heavy atom. The van der Waals surface area contributed by atoms with E-state index in [-0.39, 0.29) is 28.8 Å². The van der Waals surface area contributed by atoms with Crippen molar-refractivity contribution in [3.05, 3.63) is 69.9 Å². The lowest BCUT2D eigenvalue weighted by molar-refractivity contribution is -0.116. The van der Waals surface area contributed by atoms with E-state index in [1.807, 2.05) is 13.0 Å². The summed E-state index contributed by atoms with van der Waals surface area (Å²) in [6.45, 7) is 3.46. The normalized spacial score (nSPS) is 10.8. The molecule has 0 saturated heterocycles. The monoisotopic (exact) mass is 325 g/mol. The van der Waals surface area contributed by atoms with E-state index >= 15 is 0 Å². The van der Waals surface area contributed by atoms with E-state index in [0.717, 1.165) is 5.56 Å². The van der Waals surface area contributed by atoms with Crippen molar-refractivity contribution in [3.63, 3.8) is 0 Å². The zero-order valence-corrected chi connectivity index (χ0v) is 13.3.